The zero-order valence-electron chi connectivity index (χ0n) is 13.0. The predicted octanol–water partition coefficient (Wildman–Crippen LogP) is -0.131. The molecule has 0 aliphatic rings. The molecular formula is C15H22N2O5. The van der Waals surface area contributed by atoms with Crippen LogP contribution in [0.3, 0.4) is 0 Å². The number of ether oxygens (including phenoxy) is 3. The molecule has 0 saturated carbocycles. The molecule has 1 rings (SSSR count). The molecule has 0 radical (unpaired) electrons. The van der Waals surface area contributed by atoms with Crippen molar-refractivity contribution in [1.29, 1.82) is 0 Å². The molecule has 7 nitrogen and oxygen atoms in total. The van der Waals surface area contributed by atoms with Crippen LogP contribution in [-0.4, -0.2) is 51.9 Å². The lowest BCUT2D eigenvalue weighted by Gasteiger charge is -2.19. The second-order valence-corrected chi connectivity index (χ2v) is 4.70. The average molecular weight is 310 g/mol. The van der Waals surface area contributed by atoms with E-state index in [2.05, 4.69) is 5.32 Å². The van der Waals surface area contributed by atoms with Gasteiger partial charge in [-0.25, -0.2) is 4.79 Å². The SMILES string of the molecule is COC[C@H](N)C(=O)N[C@@H](Cc1ccc(OC)cc1)C(=O)OC. The van der Waals surface area contributed by atoms with Gasteiger partial charge >= 0.3 is 5.97 Å². The van der Waals surface area contributed by atoms with Crippen LogP contribution >= 0.6 is 0 Å². The minimum Gasteiger partial charge on any atom is -0.497 e. The molecule has 3 N–H and O–H groups in total. The standard InChI is InChI=1S/C15H22N2O5/c1-20-9-12(16)14(18)17-13(15(19)22-3)8-10-4-6-11(21-2)7-5-10/h4-7,12-13H,8-9,16H2,1-3H3,(H,17,18)/t12-,13-/m0/s1. The number of carbonyl (C=O) groups excluding carboxylic acids is 2. The third-order valence-corrected chi connectivity index (χ3v) is 3.08. The van der Waals surface area contributed by atoms with Gasteiger partial charge in [-0.2, -0.15) is 0 Å². The molecular weight excluding hydrogens is 288 g/mol. The minimum absolute atomic E-state index is 0.0717. The van der Waals surface area contributed by atoms with Gasteiger partial charge in [0, 0.05) is 13.5 Å². The van der Waals surface area contributed by atoms with Gasteiger partial charge < -0.3 is 25.3 Å². The molecule has 0 fully saturated rings. The van der Waals surface area contributed by atoms with E-state index in [1.165, 1.54) is 14.2 Å². The lowest BCUT2D eigenvalue weighted by Crippen LogP contribution is -2.51. The Balaban J connectivity index is 2.75. The van der Waals surface area contributed by atoms with E-state index in [0.717, 1.165) is 5.56 Å². The first-order chi connectivity index (χ1) is 10.5. The van der Waals surface area contributed by atoms with Gasteiger partial charge in [0.2, 0.25) is 5.91 Å². The van der Waals surface area contributed by atoms with E-state index < -0.39 is 24.0 Å². The van der Waals surface area contributed by atoms with Crippen molar-refractivity contribution in [3.05, 3.63) is 29.8 Å². The van der Waals surface area contributed by atoms with Crippen molar-refractivity contribution in [2.45, 2.75) is 18.5 Å². The van der Waals surface area contributed by atoms with E-state index in [4.69, 9.17) is 19.9 Å². The molecule has 0 saturated heterocycles. The van der Waals surface area contributed by atoms with Crippen LogP contribution in [-0.2, 0) is 25.5 Å². The van der Waals surface area contributed by atoms with Crippen LogP contribution < -0.4 is 15.8 Å². The van der Waals surface area contributed by atoms with E-state index in [1.807, 2.05) is 12.1 Å². The van der Waals surface area contributed by atoms with Gasteiger partial charge in [-0.05, 0) is 17.7 Å². The summed E-state index contributed by atoms with van der Waals surface area (Å²) in [5, 5.41) is 2.58. The second kappa shape index (κ2) is 9.01. The van der Waals surface area contributed by atoms with Gasteiger partial charge in [-0.1, -0.05) is 12.1 Å². The fraction of sp³-hybridized carbons (Fsp3) is 0.467. The van der Waals surface area contributed by atoms with E-state index in [9.17, 15) is 9.59 Å². The van der Waals surface area contributed by atoms with E-state index in [0.29, 0.717) is 12.2 Å². The highest BCUT2D eigenvalue weighted by Crippen LogP contribution is 2.13. The molecule has 0 heterocycles. The Morgan fingerprint density at radius 3 is 2.32 bits per heavy atom. The average Bonchev–Trinajstić information content (AvgIpc) is 2.54. The third-order valence-electron chi connectivity index (χ3n) is 3.08. The van der Waals surface area contributed by atoms with Gasteiger partial charge in [0.15, 0.2) is 0 Å². The molecule has 1 aromatic carbocycles. The van der Waals surface area contributed by atoms with Crippen LogP contribution in [0.15, 0.2) is 24.3 Å². The zero-order valence-corrected chi connectivity index (χ0v) is 13.0. The van der Waals surface area contributed by atoms with E-state index >= 15 is 0 Å². The molecule has 0 aliphatic carbocycles. The number of nitrogens with two attached hydrogens (primary N) is 1. The van der Waals surface area contributed by atoms with Crippen LogP contribution in [0.2, 0.25) is 0 Å². The van der Waals surface area contributed by atoms with Gasteiger partial charge in [-0.3, -0.25) is 4.79 Å². The predicted molar refractivity (Wildman–Crippen MR) is 80.5 cm³/mol. The highest BCUT2D eigenvalue weighted by molar-refractivity contribution is 5.87. The van der Waals surface area contributed by atoms with Crippen molar-refractivity contribution >= 4 is 11.9 Å². The third kappa shape index (κ3) is 5.34. The topological polar surface area (TPSA) is 99.9 Å². The number of nitrogens with one attached hydrogen (secondary N) is 1. The summed E-state index contributed by atoms with van der Waals surface area (Å²) in [4.78, 5) is 23.7. The van der Waals surface area contributed by atoms with Gasteiger partial charge in [0.25, 0.3) is 0 Å². The van der Waals surface area contributed by atoms with Crippen molar-refractivity contribution in [2.24, 2.45) is 5.73 Å². The summed E-state index contributed by atoms with van der Waals surface area (Å²) in [5.74, 6) is -0.288. The molecule has 7 heteroatoms. The Morgan fingerprint density at radius 2 is 1.82 bits per heavy atom. The number of carbonyl (C=O) groups is 2. The number of esters is 1. The number of amides is 1. The number of methoxy groups -OCH3 is 3. The zero-order chi connectivity index (χ0) is 16.5. The Morgan fingerprint density at radius 1 is 1.18 bits per heavy atom. The molecule has 0 aliphatic heterocycles. The molecule has 2 atom stereocenters. The molecule has 0 bridgehead atoms. The van der Waals surface area contributed by atoms with Crippen molar-refractivity contribution in [2.75, 3.05) is 27.9 Å². The van der Waals surface area contributed by atoms with E-state index in [1.54, 1.807) is 19.2 Å². The second-order valence-electron chi connectivity index (χ2n) is 4.70. The number of rotatable bonds is 8. The normalized spacial score (nSPS) is 13.1. The largest absolute Gasteiger partial charge is 0.497 e. The smallest absolute Gasteiger partial charge is 0.328 e. The Bertz CT molecular complexity index is 489. The Kier molecular flexibility index (Phi) is 7.34. The van der Waals surface area contributed by atoms with Crippen LogP contribution in [0.5, 0.6) is 5.75 Å². The highest BCUT2D eigenvalue weighted by Gasteiger charge is 2.24. The minimum atomic E-state index is -0.840. The summed E-state index contributed by atoms with van der Waals surface area (Å²) in [6, 6.07) is 5.54. The monoisotopic (exact) mass is 310 g/mol. The lowest BCUT2D eigenvalue weighted by atomic mass is 10.1. The Labute approximate surface area is 129 Å². The van der Waals surface area contributed by atoms with Crippen LogP contribution in [0.4, 0.5) is 0 Å². The van der Waals surface area contributed by atoms with Crippen molar-refractivity contribution in [3.63, 3.8) is 0 Å². The fourth-order valence-corrected chi connectivity index (χ4v) is 1.87. The summed E-state index contributed by atoms with van der Waals surface area (Å²) in [7, 11) is 4.29. The van der Waals surface area contributed by atoms with Crippen molar-refractivity contribution in [1.82, 2.24) is 5.32 Å². The molecule has 0 aromatic heterocycles. The summed E-state index contributed by atoms with van der Waals surface area (Å²) in [6.07, 6.45) is 0.294. The highest BCUT2D eigenvalue weighted by atomic mass is 16.5. The first kappa shape index (κ1) is 17.9. The number of hydrogen-bond donors (Lipinski definition) is 2. The maximum Gasteiger partial charge on any atom is 0.328 e. The molecule has 22 heavy (non-hydrogen) atoms. The molecule has 1 aromatic rings. The van der Waals surface area contributed by atoms with Gasteiger partial charge in [0.05, 0.1) is 20.8 Å². The number of benzene rings is 1. The summed E-state index contributed by atoms with van der Waals surface area (Å²) in [6.45, 7) is 0.0717. The maximum absolute atomic E-state index is 11.9. The summed E-state index contributed by atoms with van der Waals surface area (Å²) < 4.78 is 14.6. The molecule has 122 valence electrons. The Hall–Kier alpha value is -2.12. The van der Waals surface area contributed by atoms with Crippen molar-refractivity contribution < 1.29 is 23.8 Å². The first-order valence-electron chi connectivity index (χ1n) is 6.77. The molecule has 1 amide bonds. The molecule has 0 spiro atoms. The maximum atomic E-state index is 11.9. The number of hydrogen-bond acceptors (Lipinski definition) is 6. The van der Waals surface area contributed by atoms with Crippen LogP contribution in [0.25, 0.3) is 0 Å². The van der Waals surface area contributed by atoms with Crippen LogP contribution in [0.1, 0.15) is 5.56 Å². The lowest BCUT2D eigenvalue weighted by molar-refractivity contribution is -0.145. The fourth-order valence-electron chi connectivity index (χ4n) is 1.87. The summed E-state index contributed by atoms with van der Waals surface area (Å²) in [5.41, 5.74) is 6.50. The van der Waals surface area contributed by atoms with Crippen LogP contribution in [0, 0.1) is 0 Å². The quantitative estimate of drug-likeness (QED) is 0.649. The summed E-state index contributed by atoms with van der Waals surface area (Å²) >= 11 is 0. The molecule has 0 unspecified atom stereocenters. The first-order valence-corrected chi connectivity index (χ1v) is 6.77. The van der Waals surface area contributed by atoms with Gasteiger partial charge in [0.1, 0.15) is 17.8 Å². The van der Waals surface area contributed by atoms with E-state index in [-0.39, 0.29) is 6.61 Å². The van der Waals surface area contributed by atoms with Gasteiger partial charge in [-0.15, -0.1) is 0 Å². The van der Waals surface area contributed by atoms with Crippen molar-refractivity contribution in [3.8, 4) is 5.75 Å².